The number of aryl methyl sites for hydroxylation is 1. The molecule has 1 aromatic rings. The van der Waals surface area contributed by atoms with Crippen molar-refractivity contribution in [2.75, 3.05) is 12.4 Å². The van der Waals surface area contributed by atoms with Crippen LogP contribution in [0.15, 0.2) is 12.4 Å². The standard InChI is InChI=1S/C15H24N4/c1-3-11-9-15(17-10-16-11)18-12-7-13-5-4-6-14(8-12)19(13)2/h9-10,12-14H,3-8H2,1-2H3,(H,16,17,18). The summed E-state index contributed by atoms with van der Waals surface area (Å²) in [5.74, 6) is 1.000. The summed E-state index contributed by atoms with van der Waals surface area (Å²) >= 11 is 0. The Kier molecular flexibility index (Phi) is 3.69. The first-order valence-electron chi connectivity index (χ1n) is 7.55. The third kappa shape index (κ3) is 2.73. The van der Waals surface area contributed by atoms with Gasteiger partial charge in [-0.3, -0.25) is 0 Å². The molecule has 3 heterocycles. The highest BCUT2D eigenvalue weighted by atomic mass is 15.2. The van der Waals surface area contributed by atoms with Crippen LogP contribution in [0.3, 0.4) is 0 Å². The highest BCUT2D eigenvalue weighted by molar-refractivity contribution is 5.36. The first-order chi connectivity index (χ1) is 9.26. The van der Waals surface area contributed by atoms with Gasteiger partial charge in [-0.25, -0.2) is 9.97 Å². The van der Waals surface area contributed by atoms with Crippen molar-refractivity contribution in [1.82, 2.24) is 14.9 Å². The fourth-order valence-corrected chi connectivity index (χ4v) is 3.61. The van der Waals surface area contributed by atoms with Gasteiger partial charge in [-0.1, -0.05) is 13.3 Å². The molecule has 19 heavy (non-hydrogen) atoms. The normalized spacial score (nSPS) is 31.2. The van der Waals surface area contributed by atoms with Gasteiger partial charge in [-0.15, -0.1) is 0 Å². The third-order valence-corrected chi connectivity index (χ3v) is 4.78. The van der Waals surface area contributed by atoms with Gasteiger partial charge in [0.2, 0.25) is 0 Å². The quantitative estimate of drug-likeness (QED) is 0.906. The van der Waals surface area contributed by atoms with Crippen molar-refractivity contribution < 1.29 is 0 Å². The van der Waals surface area contributed by atoms with Crippen LogP contribution in [0.5, 0.6) is 0 Å². The largest absolute Gasteiger partial charge is 0.367 e. The molecule has 0 radical (unpaired) electrons. The summed E-state index contributed by atoms with van der Waals surface area (Å²) in [6, 6.07) is 4.19. The van der Waals surface area contributed by atoms with Gasteiger partial charge in [-0.2, -0.15) is 0 Å². The Morgan fingerprint density at radius 1 is 1.26 bits per heavy atom. The van der Waals surface area contributed by atoms with E-state index in [-0.39, 0.29) is 0 Å². The summed E-state index contributed by atoms with van der Waals surface area (Å²) in [5, 5.41) is 3.63. The lowest BCUT2D eigenvalue weighted by Crippen LogP contribution is -2.52. The van der Waals surface area contributed by atoms with Crippen molar-refractivity contribution in [3.05, 3.63) is 18.1 Å². The monoisotopic (exact) mass is 260 g/mol. The molecule has 2 fully saturated rings. The van der Waals surface area contributed by atoms with E-state index >= 15 is 0 Å². The van der Waals surface area contributed by atoms with Crippen LogP contribution in [-0.2, 0) is 6.42 Å². The van der Waals surface area contributed by atoms with Crippen LogP contribution in [0.1, 0.15) is 44.7 Å². The first-order valence-corrected chi connectivity index (χ1v) is 7.55. The van der Waals surface area contributed by atoms with Crippen molar-refractivity contribution in [2.45, 2.75) is 63.6 Å². The number of rotatable bonds is 3. The highest BCUT2D eigenvalue weighted by Gasteiger charge is 2.35. The Morgan fingerprint density at radius 2 is 2.00 bits per heavy atom. The molecule has 2 unspecified atom stereocenters. The van der Waals surface area contributed by atoms with E-state index < -0.39 is 0 Å². The third-order valence-electron chi connectivity index (χ3n) is 4.78. The van der Waals surface area contributed by atoms with Gasteiger partial charge in [0, 0.05) is 29.9 Å². The van der Waals surface area contributed by atoms with Crippen molar-refractivity contribution >= 4 is 5.82 Å². The highest BCUT2D eigenvalue weighted by Crippen LogP contribution is 2.33. The summed E-state index contributed by atoms with van der Waals surface area (Å²) in [6.45, 7) is 2.13. The average molecular weight is 260 g/mol. The van der Waals surface area contributed by atoms with Crippen LogP contribution in [0.25, 0.3) is 0 Å². The van der Waals surface area contributed by atoms with Gasteiger partial charge in [-0.05, 0) is 39.2 Å². The summed E-state index contributed by atoms with van der Waals surface area (Å²) in [4.78, 5) is 11.2. The van der Waals surface area contributed by atoms with Gasteiger partial charge in [0.25, 0.3) is 0 Å². The minimum Gasteiger partial charge on any atom is -0.367 e. The van der Waals surface area contributed by atoms with Crippen LogP contribution in [-0.4, -0.2) is 40.0 Å². The van der Waals surface area contributed by atoms with Crippen LogP contribution in [0, 0.1) is 0 Å². The van der Waals surface area contributed by atoms with Gasteiger partial charge >= 0.3 is 0 Å². The second-order valence-corrected chi connectivity index (χ2v) is 5.96. The average Bonchev–Trinajstić information content (AvgIpc) is 2.40. The van der Waals surface area contributed by atoms with Crippen molar-refractivity contribution in [1.29, 1.82) is 0 Å². The molecular weight excluding hydrogens is 236 g/mol. The number of fused-ring (bicyclic) bond motifs is 2. The maximum absolute atomic E-state index is 4.36. The smallest absolute Gasteiger partial charge is 0.129 e. The second kappa shape index (κ2) is 5.45. The molecule has 0 aromatic carbocycles. The molecule has 0 aliphatic carbocycles. The predicted octanol–water partition coefficient (Wildman–Crippen LogP) is 2.47. The molecule has 2 aliphatic rings. The maximum Gasteiger partial charge on any atom is 0.129 e. The van der Waals surface area contributed by atoms with Crippen LogP contribution >= 0.6 is 0 Å². The Labute approximate surface area is 115 Å². The Bertz CT molecular complexity index is 420. The van der Waals surface area contributed by atoms with E-state index in [4.69, 9.17) is 0 Å². The van der Waals surface area contributed by atoms with Crippen molar-refractivity contribution in [3.8, 4) is 0 Å². The van der Waals surface area contributed by atoms with Crippen LogP contribution in [0.2, 0.25) is 0 Å². The minimum atomic E-state index is 0.575. The molecule has 2 saturated heterocycles. The zero-order valence-corrected chi connectivity index (χ0v) is 12.0. The molecule has 2 bridgehead atoms. The van der Waals surface area contributed by atoms with E-state index in [2.05, 4.69) is 40.2 Å². The number of anilines is 1. The molecule has 4 heteroatoms. The van der Waals surface area contributed by atoms with Gasteiger partial charge in [0.1, 0.15) is 12.1 Å². The number of nitrogens with one attached hydrogen (secondary N) is 1. The van der Waals surface area contributed by atoms with Crippen LogP contribution in [0.4, 0.5) is 5.82 Å². The zero-order chi connectivity index (χ0) is 13.2. The van der Waals surface area contributed by atoms with Crippen LogP contribution < -0.4 is 5.32 Å². The summed E-state index contributed by atoms with van der Waals surface area (Å²) in [7, 11) is 2.30. The van der Waals surface area contributed by atoms with Gasteiger partial charge in [0.15, 0.2) is 0 Å². The molecule has 0 amide bonds. The second-order valence-electron chi connectivity index (χ2n) is 5.96. The molecule has 2 aliphatic heterocycles. The molecule has 0 spiro atoms. The predicted molar refractivity (Wildman–Crippen MR) is 77.2 cm³/mol. The molecular formula is C15H24N4. The number of hydrogen-bond acceptors (Lipinski definition) is 4. The molecule has 3 rings (SSSR count). The molecule has 1 aromatic heterocycles. The summed E-state index contributed by atoms with van der Waals surface area (Å²) < 4.78 is 0. The topological polar surface area (TPSA) is 41.0 Å². The van der Waals surface area contributed by atoms with E-state index in [0.29, 0.717) is 6.04 Å². The van der Waals surface area contributed by atoms with E-state index in [1.54, 1.807) is 6.33 Å². The molecule has 4 nitrogen and oxygen atoms in total. The molecule has 2 atom stereocenters. The lowest BCUT2D eigenvalue weighted by molar-refractivity contribution is 0.0608. The fourth-order valence-electron chi connectivity index (χ4n) is 3.61. The zero-order valence-electron chi connectivity index (χ0n) is 12.0. The van der Waals surface area contributed by atoms with E-state index in [1.165, 1.54) is 32.1 Å². The van der Waals surface area contributed by atoms with E-state index in [1.807, 2.05) is 0 Å². The number of nitrogens with zero attached hydrogens (tertiary/aromatic N) is 3. The van der Waals surface area contributed by atoms with Crippen molar-refractivity contribution in [2.24, 2.45) is 0 Å². The Hall–Kier alpha value is -1.16. The molecule has 104 valence electrons. The van der Waals surface area contributed by atoms with Gasteiger partial charge < -0.3 is 10.2 Å². The van der Waals surface area contributed by atoms with E-state index in [0.717, 1.165) is 30.0 Å². The first kappa shape index (κ1) is 12.9. The lowest BCUT2D eigenvalue weighted by Gasteiger charge is -2.47. The Morgan fingerprint density at radius 3 is 2.68 bits per heavy atom. The molecule has 1 N–H and O–H groups in total. The fraction of sp³-hybridized carbons (Fsp3) is 0.733. The Balaban J connectivity index is 1.67. The summed E-state index contributed by atoms with van der Waals surface area (Å²) in [5.41, 5.74) is 1.12. The lowest BCUT2D eigenvalue weighted by atomic mass is 9.82. The minimum absolute atomic E-state index is 0.575. The van der Waals surface area contributed by atoms with Gasteiger partial charge in [0.05, 0.1) is 0 Å². The number of hydrogen-bond donors (Lipinski definition) is 1. The summed E-state index contributed by atoms with van der Waals surface area (Å²) in [6.07, 6.45) is 9.26. The maximum atomic E-state index is 4.36. The van der Waals surface area contributed by atoms with E-state index in [9.17, 15) is 0 Å². The number of aromatic nitrogens is 2. The SMILES string of the molecule is CCc1cc(NC2CC3CCCC(C2)N3C)ncn1. The van der Waals surface area contributed by atoms with Crippen molar-refractivity contribution in [3.63, 3.8) is 0 Å². The molecule has 0 saturated carbocycles. The number of piperidine rings is 2.